The fourth-order valence-corrected chi connectivity index (χ4v) is 2.09. The summed E-state index contributed by atoms with van der Waals surface area (Å²) >= 11 is 5.89. The van der Waals surface area contributed by atoms with Gasteiger partial charge in [-0.2, -0.15) is 0 Å². The summed E-state index contributed by atoms with van der Waals surface area (Å²) in [7, 11) is 0. The van der Waals surface area contributed by atoms with Crippen molar-refractivity contribution in [3.63, 3.8) is 0 Å². The molecule has 0 aliphatic rings. The third-order valence-corrected chi connectivity index (χ3v) is 3.19. The predicted molar refractivity (Wildman–Crippen MR) is 77.2 cm³/mol. The zero-order valence-corrected chi connectivity index (χ0v) is 12.0. The number of halogens is 1. The molecule has 1 aromatic rings. The van der Waals surface area contributed by atoms with Crippen molar-refractivity contribution in [1.29, 1.82) is 0 Å². The Kier molecular flexibility index (Phi) is 5.99. The summed E-state index contributed by atoms with van der Waals surface area (Å²) in [5.74, 6) is 0.194. The summed E-state index contributed by atoms with van der Waals surface area (Å²) in [5.41, 5.74) is 2.13. The van der Waals surface area contributed by atoms with E-state index in [1.54, 1.807) is 0 Å². The van der Waals surface area contributed by atoms with Gasteiger partial charge in [0.15, 0.2) is 0 Å². The van der Waals surface area contributed by atoms with Crippen molar-refractivity contribution < 1.29 is 4.79 Å². The second-order valence-electron chi connectivity index (χ2n) is 4.20. The maximum absolute atomic E-state index is 11.8. The van der Waals surface area contributed by atoms with Crippen LogP contribution in [0.15, 0.2) is 18.2 Å². The molecule has 1 amide bonds. The van der Waals surface area contributed by atoms with Crippen LogP contribution in [-0.4, -0.2) is 30.4 Å². The van der Waals surface area contributed by atoms with E-state index in [1.807, 2.05) is 43.9 Å². The second-order valence-corrected chi connectivity index (χ2v) is 4.64. The van der Waals surface area contributed by atoms with Crippen LogP contribution >= 0.6 is 11.6 Å². The van der Waals surface area contributed by atoms with E-state index < -0.39 is 0 Å². The molecule has 18 heavy (non-hydrogen) atoms. The van der Waals surface area contributed by atoms with E-state index in [1.165, 1.54) is 0 Å². The molecular formula is C14H21ClN2O. The lowest BCUT2D eigenvalue weighted by Gasteiger charge is -2.19. The van der Waals surface area contributed by atoms with Crippen LogP contribution in [0.5, 0.6) is 0 Å². The van der Waals surface area contributed by atoms with Crippen molar-refractivity contribution in [3.05, 3.63) is 28.8 Å². The molecule has 0 spiro atoms. The first kappa shape index (κ1) is 14.8. The van der Waals surface area contributed by atoms with Gasteiger partial charge < -0.3 is 10.2 Å². The highest BCUT2D eigenvalue weighted by molar-refractivity contribution is 6.30. The lowest BCUT2D eigenvalue weighted by Crippen LogP contribution is -2.31. The predicted octanol–water partition coefficient (Wildman–Crippen LogP) is 3.32. The minimum absolute atomic E-state index is 0.194. The maximum atomic E-state index is 11.8. The van der Waals surface area contributed by atoms with Gasteiger partial charge in [0.1, 0.15) is 0 Å². The first-order valence-electron chi connectivity index (χ1n) is 6.36. The number of nitrogens with zero attached hydrogens (tertiary/aromatic N) is 1. The SMILES string of the molecule is CCN(CC)C(=O)CCNc1ccc(Cl)cc1C. The number of aryl methyl sites for hydroxylation is 1. The number of hydrogen-bond donors (Lipinski definition) is 1. The summed E-state index contributed by atoms with van der Waals surface area (Å²) in [6, 6.07) is 5.71. The fourth-order valence-electron chi connectivity index (χ4n) is 1.86. The largest absolute Gasteiger partial charge is 0.384 e. The smallest absolute Gasteiger partial charge is 0.224 e. The number of anilines is 1. The standard InChI is InChI=1S/C14H21ClN2O/c1-4-17(5-2)14(18)8-9-16-13-7-6-12(15)10-11(13)3/h6-7,10,16H,4-5,8-9H2,1-3H3. The number of hydrogen-bond acceptors (Lipinski definition) is 2. The molecule has 0 atom stereocenters. The van der Waals surface area contributed by atoms with Crippen molar-refractivity contribution in [2.45, 2.75) is 27.2 Å². The minimum Gasteiger partial charge on any atom is -0.384 e. The van der Waals surface area contributed by atoms with E-state index in [2.05, 4.69) is 5.32 Å². The molecule has 1 rings (SSSR count). The Labute approximate surface area is 114 Å². The summed E-state index contributed by atoms with van der Waals surface area (Å²) in [5, 5.41) is 4.00. The molecule has 1 N–H and O–H groups in total. The first-order chi connectivity index (χ1) is 8.58. The van der Waals surface area contributed by atoms with Crippen LogP contribution in [0.1, 0.15) is 25.8 Å². The van der Waals surface area contributed by atoms with Gasteiger partial charge in [0.25, 0.3) is 0 Å². The van der Waals surface area contributed by atoms with Gasteiger partial charge >= 0.3 is 0 Å². The van der Waals surface area contributed by atoms with Gasteiger partial charge in [0.2, 0.25) is 5.91 Å². The molecule has 4 heteroatoms. The molecule has 0 saturated carbocycles. The molecule has 0 aliphatic heterocycles. The lowest BCUT2D eigenvalue weighted by atomic mass is 10.2. The molecule has 0 aliphatic carbocycles. The van der Waals surface area contributed by atoms with E-state index in [0.29, 0.717) is 13.0 Å². The molecule has 3 nitrogen and oxygen atoms in total. The van der Waals surface area contributed by atoms with Crippen molar-refractivity contribution >= 4 is 23.2 Å². The molecule has 0 aromatic heterocycles. The average Bonchev–Trinajstić information content (AvgIpc) is 2.33. The van der Waals surface area contributed by atoms with Crippen LogP contribution in [0.25, 0.3) is 0 Å². The van der Waals surface area contributed by atoms with E-state index in [4.69, 9.17) is 11.6 Å². The second kappa shape index (κ2) is 7.27. The van der Waals surface area contributed by atoms with Crippen molar-refractivity contribution in [3.8, 4) is 0 Å². The first-order valence-corrected chi connectivity index (χ1v) is 6.74. The van der Waals surface area contributed by atoms with Gasteiger partial charge in [-0.1, -0.05) is 11.6 Å². The summed E-state index contributed by atoms with van der Waals surface area (Å²) in [6.07, 6.45) is 0.518. The summed E-state index contributed by atoms with van der Waals surface area (Å²) < 4.78 is 0. The highest BCUT2D eigenvalue weighted by Gasteiger charge is 2.08. The molecule has 100 valence electrons. The Morgan fingerprint density at radius 2 is 2.00 bits per heavy atom. The summed E-state index contributed by atoms with van der Waals surface area (Å²) in [6.45, 7) is 8.19. The fraction of sp³-hybridized carbons (Fsp3) is 0.500. The van der Waals surface area contributed by atoms with Gasteiger partial charge in [-0.05, 0) is 44.5 Å². The van der Waals surface area contributed by atoms with Crippen molar-refractivity contribution in [1.82, 2.24) is 4.90 Å². The van der Waals surface area contributed by atoms with Crippen LogP contribution in [0, 0.1) is 6.92 Å². The van der Waals surface area contributed by atoms with Gasteiger partial charge in [-0.3, -0.25) is 4.79 Å². The van der Waals surface area contributed by atoms with Gasteiger partial charge in [-0.25, -0.2) is 0 Å². The van der Waals surface area contributed by atoms with Crippen LogP contribution in [0.2, 0.25) is 5.02 Å². The third kappa shape index (κ3) is 4.22. The molecule has 0 radical (unpaired) electrons. The molecular weight excluding hydrogens is 248 g/mol. The van der Waals surface area contributed by atoms with E-state index >= 15 is 0 Å². The lowest BCUT2D eigenvalue weighted by molar-refractivity contribution is -0.130. The molecule has 0 fully saturated rings. The van der Waals surface area contributed by atoms with Crippen molar-refractivity contribution in [2.75, 3.05) is 25.0 Å². The molecule has 0 saturated heterocycles. The average molecular weight is 269 g/mol. The maximum Gasteiger partial charge on any atom is 0.224 e. The number of carbonyl (C=O) groups excluding carboxylic acids is 1. The quantitative estimate of drug-likeness (QED) is 0.858. The molecule has 0 unspecified atom stereocenters. The molecule has 0 bridgehead atoms. The number of benzene rings is 1. The van der Waals surface area contributed by atoms with E-state index in [-0.39, 0.29) is 5.91 Å². The normalized spacial score (nSPS) is 10.2. The van der Waals surface area contributed by atoms with E-state index in [9.17, 15) is 4.79 Å². The molecule has 1 aromatic carbocycles. The highest BCUT2D eigenvalue weighted by atomic mass is 35.5. The van der Waals surface area contributed by atoms with Gasteiger partial charge in [0, 0.05) is 36.8 Å². The van der Waals surface area contributed by atoms with Crippen LogP contribution in [-0.2, 0) is 4.79 Å². The van der Waals surface area contributed by atoms with Crippen LogP contribution < -0.4 is 5.32 Å². The Balaban J connectivity index is 2.44. The number of nitrogens with one attached hydrogen (secondary N) is 1. The van der Waals surface area contributed by atoms with Crippen molar-refractivity contribution in [2.24, 2.45) is 0 Å². The number of carbonyl (C=O) groups is 1. The van der Waals surface area contributed by atoms with Gasteiger partial charge in [0.05, 0.1) is 0 Å². The number of rotatable bonds is 6. The van der Waals surface area contributed by atoms with Crippen LogP contribution in [0.3, 0.4) is 0 Å². The monoisotopic (exact) mass is 268 g/mol. The Morgan fingerprint density at radius 1 is 1.33 bits per heavy atom. The van der Waals surface area contributed by atoms with Crippen LogP contribution in [0.4, 0.5) is 5.69 Å². The Hall–Kier alpha value is -1.22. The Bertz CT molecular complexity index is 403. The Morgan fingerprint density at radius 3 is 2.56 bits per heavy atom. The van der Waals surface area contributed by atoms with Gasteiger partial charge in [-0.15, -0.1) is 0 Å². The summed E-state index contributed by atoms with van der Waals surface area (Å²) in [4.78, 5) is 13.6. The topological polar surface area (TPSA) is 32.3 Å². The molecule has 0 heterocycles. The highest BCUT2D eigenvalue weighted by Crippen LogP contribution is 2.19. The third-order valence-electron chi connectivity index (χ3n) is 2.96. The number of amides is 1. The van der Waals surface area contributed by atoms with E-state index in [0.717, 1.165) is 29.4 Å². The zero-order valence-electron chi connectivity index (χ0n) is 11.3. The zero-order chi connectivity index (χ0) is 13.5. The minimum atomic E-state index is 0.194.